The van der Waals surface area contributed by atoms with Gasteiger partial charge in [0, 0.05) is 0 Å². The molecule has 3 heteroatoms. The first-order valence-electron chi connectivity index (χ1n) is 1.63. The summed E-state index contributed by atoms with van der Waals surface area (Å²) in [6, 6.07) is 0. The molecular formula is C6H10Cl2Ti-2. The molecule has 0 heterocycles. The van der Waals surface area contributed by atoms with E-state index in [0.717, 1.165) is 0 Å². The second-order valence-electron chi connectivity index (χ2n) is 0.577. The zero-order valence-electron chi connectivity index (χ0n) is 5.24. The average Bonchev–Trinajstić information content (AvgIpc) is 1.39. The third-order valence-electron chi connectivity index (χ3n) is 0. The maximum absolute atomic E-state index is 3.25. The molecule has 0 nitrogen and oxygen atoms in total. The van der Waals surface area contributed by atoms with Crippen molar-refractivity contribution in [3.05, 3.63) is 39.2 Å². The van der Waals surface area contributed by atoms with Gasteiger partial charge in [-0.05, 0) is 0 Å². The topological polar surface area (TPSA) is 0 Å². The molecule has 54 valence electrons. The Hall–Kier alpha value is 0.514. The molecule has 0 aromatic carbocycles. The molecule has 9 heavy (non-hydrogen) atoms. The fraction of sp³-hybridized carbons (Fsp3) is 0. The number of hydrogen-bond donors (Lipinski definition) is 0. The summed E-state index contributed by atoms with van der Waals surface area (Å²) in [6.45, 7) is 13.0. The van der Waals surface area contributed by atoms with Gasteiger partial charge in [-0.2, -0.15) is 0 Å². The molecule has 0 aromatic heterocycles. The van der Waals surface area contributed by atoms with Crippen LogP contribution in [0.2, 0.25) is 0 Å². The average molecular weight is 201 g/mol. The maximum atomic E-state index is 3.25. The third-order valence-corrected chi connectivity index (χ3v) is 0. The van der Waals surface area contributed by atoms with Crippen molar-refractivity contribution in [2.24, 2.45) is 0 Å². The van der Waals surface area contributed by atoms with Crippen molar-refractivity contribution < 1.29 is 46.5 Å². The molecule has 0 fully saturated rings. The van der Waals surface area contributed by atoms with Crippen LogP contribution in [0, 0.1) is 13.8 Å². The Morgan fingerprint density at radius 2 is 0.889 bits per heavy atom. The smallest absolute Gasteiger partial charge is 1.00 e. The molecule has 0 amide bonds. The van der Waals surface area contributed by atoms with Gasteiger partial charge in [-0.15, -0.1) is 0 Å². The van der Waals surface area contributed by atoms with Crippen LogP contribution in [0.1, 0.15) is 0 Å². The van der Waals surface area contributed by atoms with Crippen LogP contribution in [0.15, 0.2) is 25.3 Å². The Bertz CT molecular complexity index is 32.0. The number of allylic oxidation sites excluding steroid dienone is 2. The zero-order chi connectivity index (χ0) is 5.41. The minimum absolute atomic E-state index is 0. The third kappa shape index (κ3) is 1370. The fourth-order valence-electron chi connectivity index (χ4n) is 0. The second kappa shape index (κ2) is 76.0. The zero-order valence-corrected chi connectivity index (χ0v) is 8.31. The maximum Gasteiger partial charge on any atom is 2.00 e. The first-order valence-corrected chi connectivity index (χ1v) is 1.63. The van der Waals surface area contributed by atoms with Crippen molar-refractivity contribution in [2.75, 3.05) is 0 Å². The summed E-state index contributed by atoms with van der Waals surface area (Å²) in [4.78, 5) is 0. The van der Waals surface area contributed by atoms with E-state index in [0.29, 0.717) is 0 Å². The molecule has 0 aliphatic rings. The van der Waals surface area contributed by atoms with E-state index in [1.165, 1.54) is 12.2 Å². The molecule has 0 radical (unpaired) electrons. The van der Waals surface area contributed by atoms with Gasteiger partial charge in [0.1, 0.15) is 0 Å². The minimum Gasteiger partial charge on any atom is -1.00 e. The van der Waals surface area contributed by atoms with Crippen molar-refractivity contribution in [1.29, 1.82) is 0 Å². The van der Waals surface area contributed by atoms with Crippen molar-refractivity contribution >= 4 is 0 Å². The van der Waals surface area contributed by atoms with Gasteiger partial charge in [-0.25, -0.2) is 39.2 Å². The van der Waals surface area contributed by atoms with Crippen LogP contribution in [-0.4, -0.2) is 0 Å². The minimum atomic E-state index is 0. The van der Waals surface area contributed by atoms with Crippen molar-refractivity contribution in [3.63, 3.8) is 0 Å². The monoisotopic (exact) mass is 200 g/mol. The first kappa shape index (κ1) is 33.8. The Morgan fingerprint density at radius 3 is 0.889 bits per heavy atom. The van der Waals surface area contributed by atoms with Gasteiger partial charge in [0.15, 0.2) is 0 Å². The van der Waals surface area contributed by atoms with Crippen LogP contribution >= 0.6 is 0 Å². The fourth-order valence-corrected chi connectivity index (χ4v) is 0. The Morgan fingerprint density at radius 1 is 0.889 bits per heavy atom. The molecule has 0 aliphatic carbocycles. The number of halogens is 2. The van der Waals surface area contributed by atoms with Crippen molar-refractivity contribution in [2.45, 2.75) is 0 Å². The molecule has 0 aromatic rings. The van der Waals surface area contributed by atoms with E-state index < -0.39 is 0 Å². The largest absolute Gasteiger partial charge is 2.00 e. The van der Waals surface area contributed by atoms with E-state index in [2.05, 4.69) is 27.0 Å². The Labute approximate surface area is 85.5 Å². The summed E-state index contributed by atoms with van der Waals surface area (Å²) in [5.74, 6) is 0. The molecular weight excluding hydrogens is 191 g/mol. The van der Waals surface area contributed by atoms with Gasteiger partial charge in [0.2, 0.25) is 0 Å². The van der Waals surface area contributed by atoms with E-state index >= 15 is 0 Å². The number of hydrogen-bond acceptors (Lipinski definition) is 0. The molecule has 0 rings (SSSR count). The molecule has 0 unspecified atom stereocenters. The molecule has 0 atom stereocenters. The van der Waals surface area contributed by atoms with E-state index in [1.54, 1.807) is 0 Å². The summed E-state index contributed by atoms with van der Waals surface area (Å²) in [7, 11) is 0. The Balaban J connectivity index is -0.00000000889. The SMILES string of the molecule is C=C[CH2-].C=C[CH2-].[Cl-].[Cl-].[Ti+2]. The van der Waals surface area contributed by atoms with Crippen LogP contribution < -0.4 is 24.8 Å². The summed E-state index contributed by atoms with van der Waals surface area (Å²) in [5, 5.41) is 0. The van der Waals surface area contributed by atoms with Gasteiger partial charge in [0.05, 0.1) is 0 Å². The second-order valence-corrected chi connectivity index (χ2v) is 0.577. The van der Waals surface area contributed by atoms with Crippen LogP contribution in [0.5, 0.6) is 0 Å². The van der Waals surface area contributed by atoms with Crippen LogP contribution in [0.25, 0.3) is 0 Å². The van der Waals surface area contributed by atoms with E-state index in [-0.39, 0.29) is 46.5 Å². The van der Waals surface area contributed by atoms with Gasteiger partial charge in [-0.1, -0.05) is 0 Å². The van der Waals surface area contributed by atoms with E-state index in [1.807, 2.05) is 0 Å². The van der Waals surface area contributed by atoms with Crippen molar-refractivity contribution in [3.8, 4) is 0 Å². The summed E-state index contributed by atoms with van der Waals surface area (Å²) in [5.41, 5.74) is 0. The van der Waals surface area contributed by atoms with Gasteiger partial charge >= 0.3 is 21.7 Å². The normalized spacial score (nSPS) is 2.67. The van der Waals surface area contributed by atoms with Crippen LogP contribution in [0.3, 0.4) is 0 Å². The first-order chi connectivity index (χ1) is 2.83. The quantitative estimate of drug-likeness (QED) is 0.277. The molecule has 0 saturated heterocycles. The van der Waals surface area contributed by atoms with Gasteiger partial charge < -0.3 is 24.8 Å². The standard InChI is InChI=1S/2C3H5.2ClH.Ti/c2*1-3-2;;;/h2*3H,1-2H2;2*1H;/q2*-1;;;+2/p-2. The van der Waals surface area contributed by atoms with Gasteiger partial charge in [0.25, 0.3) is 0 Å². The summed E-state index contributed by atoms with van der Waals surface area (Å²) >= 11 is 0. The van der Waals surface area contributed by atoms with Gasteiger partial charge in [-0.3, -0.25) is 0 Å². The number of rotatable bonds is 0. The predicted octanol–water partition coefficient (Wildman–Crippen LogP) is -3.98. The molecule has 0 aliphatic heterocycles. The van der Waals surface area contributed by atoms with Crippen molar-refractivity contribution in [1.82, 2.24) is 0 Å². The van der Waals surface area contributed by atoms with Crippen LogP contribution in [-0.2, 0) is 21.7 Å². The molecule has 0 bridgehead atoms. The van der Waals surface area contributed by atoms with Crippen LogP contribution in [0.4, 0.5) is 0 Å². The molecule has 0 spiro atoms. The summed E-state index contributed by atoms with van der Waals surface area (Å²) < 4.78 is 0. The molecule has 0 N–H and O–H groups in total. The Kier molecular flexibility index (Phi) is 286. The van der Waals surface area contributed by atoms with E-state index in [4.69, 9.17) is 0 Å². The summed E-state index contributed by atoms with van der Waals surface area (Å²) in [6.07, 6.45) is 3.00. The predicted molar refractivity (Wildman–Crippen MR) is 31.1 cm³/mol. The molecule has 0 saturated carbocycles. The van der Waals surface area contributed by atoms with E-state index in [9.17, 15) is 0 Å².